The first-order valence-electron chi connectivity index (χ1n) is 7.16. The summed E-state index contributed by atoms with van der Waals surface area (Å²) in [6, 6.07) is 9.88. The highest BCUT2D eigenvalue weighted by molar-refractivity contribution is 5.89. The number of anilines is 1. The highest BCUT2D eigenvalue weighted by atomic mass is 16.3. The first kappa shape index (κ1) is 13.8. The van der Waals surface area contributed by atoms with E-state index in [2.05, 4.69) is 15.4 Å². The zero-order valence-corrected chi connectivity index (χ0v) is 11.7. The van der Waals surface area contributed by atoms with Crippen molar-refractivity contribution in [2.45, 2.75) is 38.3 Å². The third-order valence-electron chi connectivity index (χ3n) is 3.57. The van der Waals surface area contributed by atoms with Crippen LogP contribution in [0.2, 0.25) is 0 Å². The summed E-state index contributed by atoms with van der Waals surface area (Å²) >= 11 is 0. The fourth-order valence-electron chi connectivity index (χ4n) is 2.43. The van der Waals surface area contributed by atoms with Crippen molar-refractivity contribution < 1.29 is 9.90 Å². The topological polar surface area (TPSA) is 80.0 Å². The second-order valence-electron chi connectivity index (χ2n) is 5.26. The minimum Gasteiger partial charge on any atom is -0.391 e. The number of nitrogens with zero attached hydrogens (tertiary/aromatic N) is 3. The van der Waals surface area contributed by atoms with Gasteiger partial charge in [-0.05, 0) is 18.4 Å². The maximum Gasteiger partial charge on any atom is 0.248 e. The van der Waals surface area contributed by atoms with Gasteiger partial charge in [-0.15, -0.1) is 5.10 Å². The fourth-order valence-corrected chi connectivity index (χ4v) is 2.43. The summed E-state index contributed by atoms with van der Waals surface area (Å²) in [6.45, 7) is 0.447. The predicted molar refractivity (Wildman–Crippen MR) is 77.7 cm³/mol. The molecule has 0 bridgehead atoms. The van der Waals surface area contributed by atoms with Gasteiger partial charge in [-0.3, -0.25) is 10.1 Å². The molecular weight excluding hydrogens is 268 g/mol. The molecule has 0 saturated carbocycles. The zero-order chi connectivity index (χ0) is 14.7. The average Bonchev–Trinajstić information content (AvgIpc) is 2.87. The molecule has 1 aromatic carbocycles. The molecule has 0 fully saturated rings. The number of carbonyl (C=O) groups excluding carboxylic acids is 1. The van der Waals surface area contributed by atoms with E-state index >= 15 is 0 Å². The summed E-state index contributed by atoms with van der Waals surface area (Å²) in [6.07, 6.45) is 2.10. The highest BCUT2D eigenvalue weighted by Crippen LogP contribution is 2.15. The molecule has 0 spiro atoms. The molecule has 1 atom stereocenters. The summed E-state index contributed by atoms with van der Waals surface area (Å²) in [5.41, 5.74) is 1.13. The molecule has 0 saturated heterocycles. The van der Waals surface area contributed by atoms with Gasteiger partial charge in [0.2, 0.25) is 11.9 Å². The molecule has 0 aliphatic carbocycles. The van der Waals surface area contributed by atoms with E-state index < -0.39 is 0 Å². The van der Waals surface area contributed by atoms with Gasteiger partial charge < -0.3 is 5.11 Å². The summed E-state index contributed by atoms with van der Waals surface area (Å²) in [5, 5.41) is 16.5. The van der Waals surface area contributed by atoms with Crippen LogP contribution >= 0.6 is 0 Å². The van der Waals surface area contributed by atoms with Crippen LogP contribution in [0.1, 0.15) is 24.2 Å². The maximum atomic E-state index is 11.9. The smallest absolute Gasteiger partial charge is 0.248 e. The van der Waals surface area contributed by atoms with Gasteiger partial charge in [0.25, 0.3) is 0 Å². The number of amides is 1. The second-order valence-corrected chi connectivity index (χ2v) is 5.26. The maximum absolute atomic E-state index is 11.9. The van der Waals surface area contributed by atoms with Crippen molar-refractivity contribution in [2.75, 3.05) is 5.32 Å². The van der Waals surface area contributed by atoms with E-state index in [-0.39, 0.29) is 12.0 Å². The van der Waals surface area contributed by atoms with Gasteiger partial charge in [0.05, 0.1) is 12.6 Å². The Morgan fingerprint density at radius 2 is 2.19 bits per heavy atom. The Labute approximate surface area is 122 Å². The zero-order valence-electron chi connectivity index (χ0n) is 11.7. The average molecular weight is 286 g/mol. The van der Waals surface area contributed by atoms with E-state index in [0.29, 0.717) is 38.2 Å². The van der Waals surface area contributed by atoms with Crippen LogP contribution in [0.15, 0.2) is 30.3 Å². The van der Waals surface area contributed by atoms with Crippen molar-refractivity contribution in [3.8, 4) is 0 Å². The summed E-state index contributed by atoms with van der Waals surface area (Å²) in [5.74, 6) is 1.05. The lowest BCUT2D eigenvalue weighted by Crippen LogP contribution is -2.25. The van der Waals surface area contributed by atoms with Crippen molar-refractivity contribution in [3.63, 3.8) is 0 Å². The Balaban J connectivity index is 1.55. The molecule has 2 N–H and O–H groups in total. The largest absolute Gasteiger partial charge is 0.391 e. The predicted octanol–water partition coefficient (Wildman–Crippen LogP) is 1.16. The van der Waals surface area contributed by atoms with E-state index in [9.17, 15) is 9.90 Å². The van der Waals surface area contributed by atoms with Crippen LogP contribution in [-0.2, 0) is 24.2 Å². The first-order valence-corrected chi connectivity index (χ1v) is 7.16. The lowest BCUT2D eigenvalue weighted by atomic mass is 10.1. The SMILES string of the molecule is O=C(CCc1ccccc1)Nc1nc2n(n1)CC(O)CC2. The monoisotopic (exact) mass is 286 g/mol. The second kappa shape index (κ2) is 6.05. The van der Waals surface area contributed by atoms with Crippen LogP contribution in [0.3, 0.4) is 0 Å². The highest BCUT2D eigenvalue weighted by Gasteiger charge is 2.20. The molecule has 21 heavy (non-hydrogen) atoms. The minimum absolute atomic E-state index is 0.0950. The van der Waals surface area contributed by atoms with Crippen molar-refractivity contribution in [3.05, 3.63) is 41.7 Å². The quantitative estimate of drug-likeness (QED) is 0.883. The molecule has 1 unspecified atom stereocenters. The van der Waals surface area contributed by atoms with E-state index in [4.69, 9.17) is 0 Å². The van der Waals surface area contributed by atoms with Crippen LogP contribution in [0.4, 0.5) is 5.95 Å². The van der Waals surface area contributed by atoms with Gasteiger partial charge in [-0.2, -0.15) is 4.98 Å². The van der Waals surface area contributed by atoms with E-state index in [1.807, 2.05) is 30.3 Å². The molecule has 2 aromatic rings. The van der Waals surface area contributed by atoms with Gasteiger partial charge in [0.15, 0.2) is 0 Å². The van der Waals surface area contributed by atoms with Crippen molar-refractivity contribution in [2.24, 2.45) is 0 Å². The van der Waals surface area contributed by atoms with Crippen LogP contribution in [0, 0.1) is 0 Å². The number of rotatable bonds is 4. The van der Waals surface area contributed by atoms with Crippen LogP contribution in [-0.4, -0.2) is 31.9 Å². The van der Waals surface area contributed by atoms with Gasteiger partial charge in [0.1, 0.15) is 5.82 Å². The molecule has 3 rings (SSSR count). The summed E-state index contributed by atoms with van der Waals surface area (Å²) in [7, 11) is 0. The number of benzene rings is 1. The number of carbonyl (C=O) groups is 1. The van der Waals surface area contributed by atoms with Crippen molar-refractivity contribution in [1.82, 2.24) is 14.8 Å². The number of fused-ring (bicyclic) bond motifs is 1. The number of aryl methyl sites for hydroxylation is 2. The number of aliphatic hydroxyl groups is 1. The Morgan fingerprint density at radius 3 is 3.00 bits per heavy atom. The number of hydrogen-bond donors (Lipinski definition) is 2. The van der Waals surface area contributed by atoms with Gasteiger partial charge in [-0.1, -0.05) is 30.3 Å². The molecule has 0 radical (unpaired) electrons. The first-order chi connectivity index (χ1) is 10.2. The minimum atomic E-state index is -0.374. The van der Waals surface area contributed by atoms with Crippen LogP contribution < -0.4 is 5.32 Å². The molecule has 1 aliphatic rings. The lowest BCUT2D eigenvalue weighted by Gasteiger charge is -2.16. The molecule has 1 amide bonds. The molecule has 1 aliphatic heterocycles. The molecule has 6 nitrogen and oxygen atoms in total. The normalized spacial score (nSPS) is 17.3. The number of aliphatic hydroxyl groups excluding tert-OH is 1. The number of nitrogens with one attached hydrogen (secondary N) is 1. The van der Waals surface area contributed by atoms with Crippen molar-refractivity contribution in [1.29, 1.82) is 0 Å². The molecular formula is C15H18N4O2. The van der Waals surface area contributed by atoms with E-state index in [0.717, 1.165) is 11.4 Å². The Bertz CT molecular complexity index is 624. The van der Waals surface area contributed by atoms with Gasteiger partial charge in [0, 0.05) is 12.8 Å². The third kappa shape index (κ3) is 3.46. The van der Waals surface area contributed by atoms with Crippen molar-refractivity contribution >= 4 is 11.9 Å². The van der Waals surface area contributed by atoms with E-state index in [1.165, 1.54) is 0 Å². The molecule has 110 valence electrons. The number of hydrogen-bond acceptors (Lipinski definition) is 4. The van der Waals surface area contributed by atoms with Crippen LogP contribution in [0.25, 0.3) is 0 Å². The fraction of sp³-hybridized carbons (Fsp3) is 0.400. The van der Waals surface area contributed by atoms with E-state index in [1.54, 1.807) is 4.68 Å². The number of aromatic nitrogens is 3. The lowest BCUT2D eigenvalue weighted by molar-refractivity contribution is -0.116. The van der Waals surface area contributed by atoms with Gasteiger partial charge in [-0.25, -0.2) is 4.68 Å². The van der Waals surface area contributed by atoms with Gasteiger partial charge >= 0.3 is 0 Å². The standard InChI is InChI=1S/C15H18N4O2/c20-12-7-8-13-16-15(18-19(13)10-12)17-14(21)9-6-11-4-2-1-3-5-11/h1-5,12,20H,6-10H2,(H,17,18,21). The Hall–Kier alpha value is -2.21. The summed E-state index contributed by atoms with van der Waals surface area (Å²) < 4.78 is 1.67. The third-order valence-corrected chi connectivity index (χ3v) is 3.57. The Morgan fingerprint density at radius 1 is 1.38 bits per heavy atom. The van der Waals surface area contributed by atoms with Crippen LogP contribution in [0.5, 0.6) is 0 Å². The molecule has 2 heterocycles. The molecule has 6 heteroatoms. The molecule has 1 aromatic heterocycles. The Kier molecular flexibility index (Phi) is 3.96. The summed E-state index contributed by atoms with van der Waals surface area (Å²) in [4.78, 5) is 16.2.